The zero-order valence-corrected chi connectivity index (χ0v) is 10.1. The Bertz CT molecular complexity index is 405. The molecular weight excluding hydrogens is 226 g/mol. The van der Waals surface area contributed by atoms with Crippen LogP contribution in [0.1, 0.15) is 11.4 Å². The zero-order chi connectivity index (χ0) is 11.7. The largest absolute Gasteiger partial charge is 0.480 e. The highest BCUT2D eigenvalue weighted by Crippen LogP contribution is 2.20. The third-order valence-corrected chi connectivity index (χ3v) is 3.80. The summed E-state index contributed by atoms with van der Waals surface area (Å²) in [5.41, 5.74) is 2.11. The molecule has 1 aliphatic rings. The summed E-state index contributed by atoms with van der Waals surface area (Å²) in [7, 11) is 0. The molecule has 0 aromatic carbocycles. The predicted molar refractivity (Wildman–Crippen MR) is 62.5 cm³/mol. The topological polar surface area (TPSA) is 67.2 Å². The van der Waals surface area contributed by atoms with Gasteiger partial charge in [0.1, 0.15) is 6.04 Å². The van der Waals surface area contributed by atoms with Gasteiger partial charge in [0.2, 0.25) is 0 Å². The van der Waals surface area contributed by atoms with Crippen LogP contribution in [0.4, 0.5) is 0 Å². The molecule has 1 fully saturated rings. The minimum absolute atomic E-state index is 0.138. The molecule has 6 heteroatoms. The second kappa shape index (κ2) is 4.47. The van der Waals surface area contributed by atoms with E-state index in [1.54, 1.807) is 11.8 Å². The van der Waals surface area contributed by atoms with E-state index in [2.05, 4.69) is 10.4 Å². The van der Waals surface area contributed by atoms with Crippen LogP contribution in [0.5, 0.6) is 0 Å². The molecule has 0 radical (unpaired) electrons. The van der Waals surface area contributed by atoms with Crippen molar-refractivity contribution in [3.05, 3.63) is 17.5 Å². The molecular formula is C10H15N3O2S. The van der Waals surface area contributed by atoms with E-state index in [0.717, 1.165) is 11.4 Å². The summed E-state index contributed by atoms with van der Waals surface area (Å²) < 4.78 is 1.92. The monoisotopic (exact) mass is 241 g/mol. The van der Waals surface area contributed by atoms with E-state index < -0.39 is 12.0 Å². The van der Waals surface area contributed by atoms with Gasteiger partial charge in [-0.2, -0.15) is 5.10 Å². The lowest BCUT2D eigenvalue weighted by molar-refractivity contribution is -0.138. The van der Waals surface area contributed by atoms with Crippen LogP contribution in [-0.4, -0.2) is 38.0 Å². The van der Waals surface area contributed by atoms with Crippen molar-refractivity contribution in [2.75, 3.05) is 5.75 Å². The summed E-state index contributed by atoms with van der Waals surface area (Å²) in [4.78, 5) is 10.8. The molecule has 1 aromatic heterocycles. The molecule has 2 N–H and O–H groups in total. The standard InChI is InChI=1S/C10H15N3O2S/c1-6-3-7(2)13(12-6)4-9-11-8(5-16-9)10(14)15/h3,8-9,11H,4-5H2,1-2H3,(H,14,15)/t8-,9+/m1/s1. The number of nitrogens with zero attached hydrogens (tertiary/aromatic N) is 2. The number of hydrogen-bond donors (Lipinski definition) is 2. The number of aryl methyl sites for hydroxylation is 2. The number of thioether (sulfide) groups is 1. The van der Waals surface area contributed by atoms with Gasteiger partial charge in [-0.25, -0.2) is 0 Å². The molecule has 2 heterocycles. The van der Waals surface area contributed by atoms with E-state index in [4.69, 9.17) is 5.11 Å². The maximum absolute atomic E-state index is 10.8. The maximum Gasteiger partial charge on any atom is 0.321 e. The van der Waals surface area contributed by atoms with E-state index >= 15 is 0 Å². The smallest absolute Gasteiger partial charge is 0.321 e. The molecule has 5 nitrogen and oxygen atoms in total. The first-order valence-corrected chi connectivity index (χ1v) is 6.22. The van der Waals surface area contributed by atoms with Gasteiger partial charge in [0.25, 0.3) is 0 Å². The molecule has 2 rings (SSSR count). The van der Waals surface area contributed by atoms with Crippen LogP contribution in [0.15, 0.2) is 6.07 Å². The van der Waals surface area contributed by atoms with Crippen LogP contribution in [0.3, 0.4) is 0 Å². The summed E-state index contributed by atoms with van der Waals surface area (Å²) in [5, 5.41) is 16.4. The molecule has 88 valence electrons. The van der Waals surface area contributed by atoms with Gasteiger partial charge in [0.15, 0.2) is 0 Å². The molecule has 16 heavy (non-hydrogen) atoms. The molecule has 0 bridgehead atoms. The second-order valence-corrected chi connectivity index (χ2v) is 5.22. The lowest BCUT2D eigenvalue weighted by Gasteiger charge is -2.12. The van der Waals surface area contributed by atoms with Crippen LogP contribution in [0, 0.1) is 13.8 Å². The number of hydrogen-bond acceptors (Lipinski definition) is 4. The first-order valence-electron chi connectivity index (χ1n) is 5.18. The highest BCUT2D eigenvalue weighted by Gasteiger charge is 2.29. The van der Waals surface area contributed by atoms with Gasteiger partial charge in [-0.1, -0.05) is 0 Å². The molecule has 0 spiro atoms. The van der Waals surface area contributed by atoms with Gasteiger partial charge in [-0.15, -0.1) is 11.8 Å². The fourth-order valence-electron chi connectivity index (χ4n) is 1.80. The van der Waals surface area contributed by atoms with E-state index in [1.807, 2.05) is 24.6 Å². The number of rotatable bonds is 3. The van der Waals surface area contributed by atoms with Crippen molar-refractivity contribution in [1.29, 1.82) is 0 Å². The van der Waals surface area contributed by atoms with Crippen molar-refractivity contribution in [3.63, 3.8) is 0 Å². The second-order valence-electron chi connectivity index (χ2n) is 3.99. The van der Waals surface area contributed by atoms with Gasteiger partial charge < -0.3 is 5.11 Å². The first-order chi connectivity index (χ1) is 7.56. The third-order valence-electron chi connectivity index (χ3n) is 2.59. The Morgan fingerprint density at radius 1 is 1.75 bits per heavy atom. The fraction of sp³-hybridized carbons (Fsp3) is 0.600. The summed E-state index contributed by atoms with van der Waals surface area (Å²) in [6, 6.07) is 1.60. The molecule has 2 atom stereocenters. The molecule has 0 unspecified atom stereocenters. The lowest BCUT2D eigenvalue weighted by Crippen LogP contribution is -2.38. The third kappa shape index (κ3) is 2.38. The molecule has 0 amide bonds. The van der Waals surface area contributed by atoms with Crippen molar-refractivity contribution in [2.45, 2.75) is 31.8 Å². The summed E-state index contributed by atoms with van der Waals surface area (Å²) >= 11 is 1.64. The van der Waals surface area contributed by atoms with Crippen molar-refractivity contribution in [3.8, 4) is 0 Å². The van der Waals surface area contributed by atoms with Crippen LogP contribution < -0.4 is 5.32 Å². The van der Waals surface area contributed by atoms with Gasteiger partial charge in [0.05, 0.1) is 17.6 Å². The SMILES string of the molecule is Cc1cc(C)n(C[C@H]2N[C@@H](C(=O)O)CS2)n1. The number of aliphatic carboxylic acids is 1. The Morgan fingerprint density at radius 3 is 3.00 bits per heavy atom. The maximum atomic E-state index is 10.8. The fourth-order valence-corrected chi connectivity index (χ4v) is 2.97. The summed E-state index contributed by atoms with van der Waals surface area (Å²) in [6.45, 7) is 4.68. The Labute approximate surface area is 98.2 Å². The number of aromatic nitrogens is 2. The zero-order valence-electron chi connectivity index (χ0n) is 9.30. The minimum atomic E-state index is -0.775. The summed E-state index contributed by atoms with van der Waals surface area (Å²) in [5.74, 6) is -0.150. The van der Waals surface area contributed by atoms with Crippen molar-refractivity contribution in [2.24, 2.45) is 0 Å². The van der Waals surface area contributed by atoms with E-state index in [9.17, 15) is 4.79 Å². The van der Waals surface area contributed by atoms with Crippen LogP contribution in [0.25, 0.3) is 0 Å². The average Bonchev–Trinajstić information content (AvgIpc) is 2.75. The first kappa shape index (κ1) is 11.5. The lowest BCUT2D eigenvalue weighted by atomic mass is 10.3. The van der Waals surface area contributed by atoms with Crippen LogP contribution >= 0.6 is 11.8 Å². The molecule has 1 saturated heterocycles. The Hall–Kier alpha value is -1.01. The normalized spacial score (nSPS) is 24.9. The molecule has 1 aromatic rings. The Balaban J connectivity index is 1.97. The van der Waals surface area contributed by atoms with Gasteiger partial charge >= 0.3 is 5.97 Å². The van der Waals surface area contributed by atoms with Gasteiger partial charge in [-0.05, 0) is 19.9 Å². The number of carbonyl (C=O) groups is 1. The number of carboxylic acids is 1. The molecule has 0 aliphatic carbocycles. The van der Waals surface area contributed by atoms with E-state index in [1.165, 1.54) is 0 Å². The molecule has 0 saturated carbocycles. The predicted octanol–water partition coefficient (Wildman–Crippen LogP) is 0.616. The van der Waals surface area contributed by atoms with Crippen molar-refractivity contribution in [1.82, 2.24) is 15.1 Å². The average molecular weight is 241 g/mol. The highest BCUT2D eigenvalue weighted by molar-refractivity contribution is 8.00. The van der Waals surface area contributed by atoms with Gasteiger partial charge in [-0.3, -0.25) is 14.8 Å². The van der Waals surface area contributed by atoms with E-state index in [-0.39, 0.29) is 5.37 Å². The summed E-state index contributed by atoms with van der Waals surface area (Å²) in [6.07, 6.45) is 0. The number of carboxylic acid groups (broad SMARTS) is 1. The Morgan fingerprint density at radius 2 is 2.50 bits per heavy atom. The number of nitrogens with one attached hydrogen (secondary N) is 1. The molecule has 1 aliphatic heterocycles. The van der Waals surface area contributed by atoms with E-state index in [0.29, 0.717) is 12.3 Å². The Kier molecular flexibility index (Phi) is 3.20. The highest BCUT2D eigenvalue weighted by atomic mass is 32.2. The van der Waals surface area contributed by atoms with Gasteiger partial charge in [0, 0.05) is 11.4 Å². The van der Waals surface area contributed by atoms with Crippen LogP contribution in [-0.2, 0) is 11.3 Å². The quantitative estimate of drug-likeness (QED) is 0.812. The van der Waals surface area contributed by atoms with Crippen molar-refractivity contribution >= 4 is 17.7 Å². The minimum Gasteiger partial charge on any atom is -0.480 e. The van der Waals surface area contributed by atoms with Crippen molar-refractivity contribution < 1.29 is 9.90 Å². The van der Waals surface area contributed by atoms with Crippen LogP contribution in [0.2, 0.25) is 0 Å².